The first kappa shape index (κ1) is 27.9. The van der Waals surface area contributed by atoms with Gasteiger partial charge >= 0.3 is 0 Å². The fourth-order valence-corrected chi connectivity index (χ4v) is 5.93. The summed E-state index contributed by atoms with van der Waals surface area (Å²) >= 11 is 0. The fourth-order valence-electron chi connectivity index (χ4n) is 5.93. The van der Waals surface area contributed by atoms with E-state index in [0.29, 0.717) is 53.0 Å². The first-order chi connectivity index (χ1) is 20.5. The summed E-state index contributed by atoms with van der Waals surface area (Å²) < 4.78 is 13.4. The second-order valence-electron chi connectivity index (χ2n) is 10.8. The fraction of sp³-hybridized carbons (Fsp3) is 0.344. The molecule has 42 heavy (non-hydrogen) atoms. The van der Waals surface area contributed by atoms with Crippen molar-refractivity contribution in [2.24, 2.45) is 0 Å². The van der Waals surface area contributed by atoms with Crippen molar-refractivity contribution in [2.45, 2.75) is 31.2 Å². The largest absolute Gasteiger partial charge is 0.457 e. The molecule has 3 atom stereocenters. The summed E-state index contributed by atoms with van der Waals surface area (Å²) in [4.78, 5) is 13.1. The average molecular weight is 566 g/mol. The van der Waals surface area contributed by atoms with Crippen molar-refractivity contribution in [1.29, 1.82) is 5.26 Å². The Kier molecular flexibility index (Phi) is 8.17. The van der Waals surface area contributed by atoms with Crippen molar-refractivity contribution < 1.29 is 14.6 Å². The average Bonchev–Trinajstić information content (AvgIpc) is 3.78. The van der Waals surface area contributed by atoms with E-state index in [4.69, 9.17) is 15.2 Å². The molecule has 2 aromatic carbocycles. The summed E-state index contributed by atoms with van der Waals surface area (Å²) in [6.07, 6.45) is 6.38. The zero-order valence-electron chi connectivity index (χ0n) is 23.6. The molecule has 10 nitrogen and oxygen atoms in total. The second kappa shape index (κ2) is 12.3. The summed E-state index contributed by atoms with van der Waals surface area (Å²) in [7, 11) is 2.08. The van der Waals surface area contributed by atoms with E-state index in [1.165, 1.54) is 6.33 Å². The lowest BCUT2D eigenvalue weighted by molar-refractivity contribution is 0.0582. The number of benzene rings is 2. The number of fused-ring (bicyclic) bond motifs is 1. The number of hydrogen-bond acceptors (Lipinski definition) is 9. The number of likely N-dealkylation sites (N-methyl/N-ethyl adjacent to an activating group) is 1. The summed E-state index contributed by atoms with van der Waals surface area (Å²) in [5.74, 6) is 1.76. The van der Waals surface area contributed by atoms with Crippen LogP contribution in [-0.2, 0) is 4.74 Å². The van der Waals surface area contributed by atoms with Gasteiger partial charge in [-0.05, 0) is 55.8 Å². The van der Waals surface area contributed by atoms with Crippen LogP contribution in [0.1, 0.15) is 24.6 Å². The number of nitrogens with two attached hydrogens (primary N) is 1. The van der Waals surface area contributed by atoms with Crippen LogP contribution < -0.4 is 10.5 Å². The third-order valence-corrected chi connectivity index (χ3v) is 8.20. The van der Waals surface area contributed by atoms with Gasteiger partial charge in [0.2, 0.25) is 0 Å². The topological polar surface area (TPSA) is 126 Å². The van der Waals surface area contributed by atoms with Gasteiger partial charge < -0.3 is 24.9 Å². The van der Waals surface area contributed by atoms with E-state index in [-0.39, 0.29) is 6.04 Å². The van der Waals surface area contributed by atoms with Gasteiger partial charge in [-0.3, -0.25) is 9.80 Å². The Morgan fingerprint density at radius 3 is 2.69 bits per heavy atom. The molecule has 4 aromatic rings. The number of nitrogen functional groups attached to an aromatic ring is 1. The molecule has 2 fully saturated rings. The Labute approximate surface area is 245 Å². The number of anilines is 1. The van der Waals surface area contributed by atoms with Crippen LogP contribution >= 0.6 is 0 Å². The van der Waals surface area contributed by atoms with Crippen LogP contribution in [0.25, 0.3) is 22.2 Å². The van der Waals surface area contributed by atoms with Gasteiger partial charge in [0.05, 0.1) is 18.0 Å². The molecule has 0 saturated carbocycles. The van der Waals surface area contributed by atoms with Crippen molar-refractivity contribution in [3.8, 4) is 28.7 Å². The lowest BCUT2D eigenvalue weighted by Gasteiger charge is -2.23. The van der Waals surface area contributed by atoms with Crippen LogP contribution in [-0.4, -0.2) is 81.6 Å². The van der Waals surface area contributed by atoms with E-state index < -0.39 is 6.23 Å². The monoisotopic (exact) mass is 565 g/mol. The van der Waals surface area contributed by atoms with Gasteiger partial charge in [-0.2, -0.15) is 5.26 Å². The van der Waals surface area contributed by atoms with Crippen LogP contribution in [0, 0.1) is 11.3 Å². The number of aliphatic hydroxyl groups is 1. The van der Waals surface area contributed by atoms with Crippen molar-refractivity contribution in [1.82, 2.24) is 24.3 Å². The molecule has 0 bridgehead atoms. The molecule has 2 aliphatic rings. The molecule has 4 heterocycles. The third kappa shape index (κ3) is 5.60. The lowest BCUT2D eigenvalue weighted by Crippen LogP contribution is -2.34. The maximum Gasteiger partial charge on any atom is 0.147 e. The molecular formula is C32H35N7O3. The molecule has 10 heteroatoms. The SMILES string of the molecule is CN(C/C=C/C(O)N1CC[C@@H](n2c(C#N)c(-c3ccc(Oc4ccccc4)cc3)c3c(N)ncnc32)C1)[C@H]1CCOC1. The molecular weight excluding hydrogens is 530 g/mol. The van der Waals surface area contributed by atoms with Gasteiger partial charge in [0, 0.05) is 37.8 Å². The highest BCUT2D eigenvalue weighted by Crippen LogP contribution is 2.40. The molecule has 0 amide bonds. The van der Waals surface area contributed by atoms with Gasteiger partial charge in [0.1, 0.15) is 47.3 Å². The molecule has 2 aliphatic heterocycles. The van der Waals surface area contributed by atoms with E-state index in [2.05, 4.69) is 28.0 Å². The number of hydrogen-bond donors (Lipinski definition) is 2. The summed E-state index contributed by atoms with van der Waals surface area (Å²) in [5, 5.41) is 22.0. The number of likely N-dealkylation sites (tertiary alicyclic amines) is 1. The van der Waals surface area contributed by atoms with Crippen LogP contribution in [0.4, 0.5) is 5.82 Å². The van der Waals surface area contributed by atoms with Crippen molar-refractivity contribution in [3.05, 3.63) is 78.8 Å². The van der Waals surface area contributed by atoms with E-state index in [1.54, 1.807) is 0 Å². The highest BCUT2D eigenvalue weighted by atomic mass is 16.5. The van der Waals surface area contributed by atoms with Gasteiger partial charge in [0.25, 0.3) is 0 Å². The number of ether oxygens (including phenoxy) is 2. The van der Waals surface area contributed by atoms with Crippen molar-refractivity contribution in [2.75, 3.05) is 45.6 Å². The normalized spacial score (nSPS) is 20.0. The van der Waals surface area contributed by atoms with E-state index in [1.807, 2.05) is 76.2 Å². The van der Waals surface area contributed by atoms with E-state index in [0.717, 1.165) is 43.9 Å². The summed E-state index contributed by atoms with van der Waals surface area (Å²) in [6.45, 7) is 3.58. The molecule has 216 valence electrons. The number of nitriles is 1. The lowest BCUT2D eigenvalue weighted by atomic mass is 10.0. The number of nitrogens with zero attached hydrogens (tertiary/aromatic N) is 6. The zero-order chi connectivity index (χ0) is 29.1. The number of aliphatic hydroxyl groups excluding tert-OH is 1. The Hall–Kier alpha value is -4.27. The number of aromatic nitrogens is 3. The molecule has 0 aliphatic carbocycles. The quantitative estimate of drug-likeness (QED) is 0.287. The maximum absolute atomic E-state index is 11.0. The zero-order valence-corrected chi connectivity index (χ0v) is 23.6. The molecule has 0 radical (unpaired) electrons. The maximum atomic E-state index is 11.0. The third-order valence-electron chi connectivity index (χ3n) is 8.20. The van der Waals surface area contributed by atoms with Crippen LogP contribution in [0.15, 0.2) is 73.1 Å². The molecule has 2 saturated heterocycles. The van der Waals surface area contributed by atoms with Crippen LogP contribution in [0.3, 0.4) is 0 Å². The minimum Gasteiger partial charge on any atom is -0.457 e. The standard InChI is InChI=1S/C32H35N7O3/c1-37(24-14-17-41-20-24)15-5-8-28(40)38-16-13-23(19-38)39-27(18-33)29(30-31(34)35-21-36-32(30)39)22-9-11-26(12-10-22)42-25-6-3-2-4-7-25/h2-12,21,23-24,28,40H,13-17,19-20H2,1H3,(H2,34,35,36)/b8-5+/t23-,24+,28?/m1/s1. The molecule has 1 unspecified atom stereocenters. The second-order valence-corrected chi connectivity index (χ2v) is 10.8. The predicted molar refractivity (Wildman–Crippen MR) is 161 cm³/mol. The Morgan fingerprint density at radius 1 is 1.17 bits per heavy atom. The molecule has 2 aromatic heterocycles. The molecule has 6 rings (SSSR count). The van der Waals surface area contributed by atoms with Gasteiger partial charge in [-0.25, -0.2) is 9.97 Å². The minimum atomic E-state index is -0.716. The van der Waals surface area contributed by atoms with Gasteiger partial charge in [-0.1, -0.05) is 36.4 Å². The van der Waals surface area contributed by atoms with Gasteiger partial charge in [-0.15, -0.1) is 0 Å². The number of rotatable bonds is 9. The van der Waals surface area contributed by atoms with Crippen LogP contribution in [0.2, 0.25) is 0 Å². The smallest absolute Gasteiger partial charge is 0.147 e. The number of para-hydroxylation sites is 1. The predicted octanol–water partition coefficient (Wildman–Crippen LogP) is 4.19. The molecule has 3 N–H and O–H groups in total. The van der Waals surface area contributed by atoms with Crippen molar-refractivity contribution in [3.63, 3.8) is 0 Å². The summed E-state index contributed by atoms with van der Waals surface area (Å²) in [6, 6.07) is 20.0. The Bertz CT molecular complexity index is 1590. The highest BCUT2D eigenvalue weighted by Gasteiger charge is 2.32. The van der Waals surface area contributed by atoms with Crippen LogP contribution in [0.5, 0.6) is 11.5 Å². The summed E-state index contributed by atoms with van der Waals surface area (Å²) in [5.41, 5.74) is 9.02. The Balaban J connectivity index is 1.24. The van der Waals surface area contributed by atoms with E-state index >= 15 is 0 Å². The van der Waals surface area contributed by atoms with E-state index in [9.17, 15) is 10.4 Å². The molecule has 0 spiro atoms. The first-order valence-corrected chi connectivity index (χ1v) is 14.3. The Morgan fingerprint density at radius 2 is 1.95 bits per heavy atom. The minimum absolute atomic E-state index is 0.0627. The first-order valence-electron chi connectivity index (χ1n) is 14.3. The van der Waals surface area contributed by atoms with Gasteiger partial charge in [0.15, 0.2) is 0 Å². The highest BCUT2D eigenvalue weighted by molar-refractivity contribution is 6.03. The van der Waals surface area contributed by atoms with Crippen molar-refractivity contribution >= 4 is 16.9 Å².